The standard InChI is InChI=1S/C15H23N3S/c1-12(10-18-8-7-16-11-18)17-9-13-5-6-14(19-13)15(2,3)4/h5-8,11-12,17H,9-10H2,1-4H3. The van der Waals surface area contributed by atoms with Gasteiger partial charge in [0.05, 0.1) is 6.33 Å². The summed E-state index contributed by atoms with van der Waals surface area (Å²) in [4.78, 5) is 6.92. The van der Waals surface area contributed by atoms with Crippen LogP contribution in [0.25, 0.3) is 0 Å². The second-order valence-corrected chi connectivity index (χ2v) is 7.23. The Hall–Kier alpha value is -1.13. The third-order valence-corrected chi connectivity index (χ3v) is 4.58. The molecule has 3 nitrogen and oxygen atoms in total. The first-order chi connectivity index (χ1) is 8.95. The van der Waals surface area contributed by atoms with Gasteiger partial charge in [-0.15, -0.1) is 11.3 Å². The number of hydrogen-bond acceptors (Lipinski definition) is 3. The van der Waals surface area contributed by atoms with E-state index in [2.05, 4.69) is 54.7 Å². The Bertz CT molecular complexity index is 494. The lowest BCUT2D eigenvalue weighted by atomic mass is 9.95. The first-order valence-electron chi connectivity index (χ1n) is 6.73. The maximum absolute atomic E-state index is 4.06. The van der Waals surface area contributed by atoms with E-state index in [-0.39, 0.29) is 5.41 Å². The van der Waals surface area contributed by atoms with Gasteiger partial charge in [-0.25, -0.2) is 4.98 Å². The zero-order valence-electron chi connectivity index (χ0n) is 12.2. The molecule has 0 bridgehead atoms. The molecule has 104 valence electrons. The van der Waals surface area contributed by atoms with Crippen LogP contribution in [0, 0.1) is 0 Å². The lowest BCUT2D eigenvalue weighted by molar-refractivity contribution is 0.478. The van der Waals surface area contributed by atoms with Crippen molar-refractivity contribution in [1.29, 1.82) is 0 Å². The molecule has 0 amide bonds. The van der Waals surface area contributed by atoms with Crippen molar-refractivity contribution in [3.05, 3.63) is 40.6 Å². The summed E-state index contributed by atoms with van der Waals surface area (Å²) < 4.78 is 2.10. The van der Waals surface area contributed by atoms with Crippen molar-refractivity contribution in [2.75, 3.05) is 0 Å². The van der Waals surface area contributed by atoms with Gasteiger partial charge in [-0.3, -0.25) is 0 Å². The molecule has 2 aromatic heterocycles. The fraction of sp³-hybridized carbons (Fsp3) is 0.533. The first kappa shape index (κ1) is 14.3. The van der Waals surface area contributed by atoms with Crippen LogP contribution in [-0.2, 0) is 18.5 Å². The average Bonchev–Trinajstić information content (AvgIpc) is 2.95. The highest BCUT2D eigenvalue weighted by molar-refractivity contribution is 7.12. The number of hydrogen-bond donors (Lipinski definition) is 1. The van der Waals surface area contributed by atoms with Crippen LogP contribution in [0.5, 0.6) is 0 Å². The molecule has 2 aromatic rings. The minimum absolute atomic E-state index is 0.255. The van der Waals surface area contributed by atoms with E-state index in [1.165, 1.54) is 9.75 Å². The highest BCUT2D eigenvalue weighted by Gasteiger charge is 2.16. The maximum atomic E-state index is 4.06. The molecular weight excluding hydrogens is 254 g/mol. The normalized spacial score (nSPS) is 13.7. The average molecular weight is 277 g/mol. The van der Waals surface area contributed by atoms with Crippen LogP contribution in [0.1, 0.15) is 37.4 Å². The summed E-state index contributed by atoms with van der Waals surface area (Å²) in [6.07, 6.45) is 5.68. The van der Waals surface area contributed by atoms with Crippen molar-refractivity contribution in [2.24, 2.45) is 0 Å². The molecule has 0 spiro atoms. The molecule has 0 saturated carbocycles. The van der Waals surface area contributed by atoms with Gasteiger partial charge in [0.1, 0.15) is 0 Å². The van der Waals surface area contributed by atoms with Crippen LogP contribution in [-0.4, -0.2) is 15.6 Å². The summed E-state index contributed by atoms with van der Waals surface area (Å²) in [6, 6.07) is 4.93. The molecule has 0 saturated heterocycles. The van der Waals surface area contributed by atoms with E-state index in [0.29, 0.717) is 6.04 Å². The molecule has 4 heteroatoms. The Morgan fingerprint density at radius 3 is 2.74 bits per heavy atom. The molecule has 1 N–H and O–H groups in total. The number of rotatable bonds is 5. The fourth-order valence-electron chi connectivity index (χ4n) is 1.93. The predicted octanol–water partition coefficient (Wildman–Crippen LogP) is 3.42. The number of imidazole rings is 1. The summed E-state index contributed by atoms with van der Waals surface area (Å²) in [5, 5.41) is 3.56. The van der Waals surface area contributed by atoms with Gasteiger partial charge < -0.3 is 9.88 Å². The summed E-state index contributed by atoms with van der Waals surface area (Å²) >= 11 is 1.91. The summed E-state index contributed by atoms with van der Waals surface area (Å²) in [5.41, 5.74) is 0.255. The first-order valence-corrected chi connectivity index (χ1v) is 7.55. The highest BCUT2D eigenvalue weighted by atomic mass is 32.1. The van der Waals surface area contributed by atoms with E-state index < -0.39 is 0 Å². The van der Waals surface area contributed by atoms with Gasteiger partial charge in [0.15, 0.2) is 0 Å². The Morgan fingerprint density at radius 1 is 1.37 bits per heavy atom. The van der Waals surface area contributed by atoms with Gasteiger partial charge in [0, 0.05) is 41.3 Å². The Labute approximate surface area is 119 Å². The van der Waals surface area contributed by atoms with Gasteiger partial charge in [-0.1, -0.05) is 20.8 Å². The second-order valence-electron chi connectivity index (χ2n) is 6.06. The third-order valence-electron chi connectivity index (χ3n) is 3.07. The summed E-state index contributed by atoms with van der Waals surface area (Å²) in [5.74, 6) is 0. The lowest BCUT2D eigenvalue weighted by Gasteiger charge is -2.16. The third kappa shape index (κ3) is 4.18. The molecule has 0 aliphatic carbocycles. The van der Waals surface area contributed by atoms with Gasteiger partial charge in [-0.05, 0) is 24.5 Å². The SMILES string of the molecule is CC(Cn1ccnc1)NCc1ccc(C(C)(C)C)s1. The van der Waals surface area contributed by atoms with E-state index in [9.17, 15) is 0 Å². The number of nitrogens with zero attached hydrogens (tertiary/aromatic N) is 2. The van der Waals surface area contributed by atoms with Crippen molar-refractivity contribution >= 4 is 11.3 Å². The topological polar surface area (TPSA) is 29.9 Å². The molecule has 2 heterocycles. The second kappa shape index (κ2) is 5.88. The molecule has 2 rings (SSSR count). The van der Waals surface area contributed by atoms with Crippen molar-refractivity contribution < 1.29 is 0 Å². The van der Waals surface area contributed by atoms with Crippen molar-refractivity contribution in [3.8, 4) is 0 Å². The van der Waals surface area contributed by atoms with Gasteiger partial charge in [0.2, 0.25) is 0 Å². The smallest absolute Gasteiger partial charge is 0.0946 e. The Balaban J connectivity index is 1.83. The summed E-state index contributed by atoms with van der Waals surface area (Å²) in [6.45, 7) is 10.9. The molecule has 0 aliphatic rings. The van der Waals surface area contributed by atoms with Crippen LogP contribution < -0.4 is 5.32 Å². The van der Waals surface area contributed by atoms with E-state index >= 15 is 0 Å². The Kier molecular flexibility index (Phi) is 4.42. The van der Waals surface area contributed by atoms with E-state index in [1.807, 2.05) is 30.1 Å². The summed E-state index contributed by atoms with van der Waals surface area (Å²) in [7, 11) is 0. The van der Waals surface area contributed by atoms with Crippen LogP contribution in [0.3, 0.4) is 0 Å². The van der Waals surface area contributed by atoms with Crippen LogP contribution in [0.4, 0.5) is 0 Å². The number of thiophene rings is 1. The zero-order chi connectivity index (χ0) is 13.9. The molecule has 1 atom stereocenters. The maximum Gasteiger partial charge on any atom is 0.0946 e. The molecule has 0 radical (unpaired) electrons. The number of nitrogens with one attached hydrogen (secondary N) is 1. The van der Waals surface area contributed by atoms with E-state index in [4.69, 9.17) is 0 Å². The van der Waals surface area contributed by atoms with E-state index in [0.717, 1.165) is 13.1 Å². The Morgan fingerprint density at radius 2 is 2.16 bits per heavy atom. The molecule has 1 unspecified atom stereocenters. The predicted molar refractivity (Wildman–Crippen MR) is 81.5 cm³/mol. The van der Waals surface area contributed by atoms with E-state index in [1.54, 1.807) is 0 Å². The molecule has 0 fully saturated rings. The molecular formula is C15H23N3S. The van der Waals surface area contributed by atoms with Crippen molar-refractivity contribution in [1.82, 2.24) is 14.9 Å². The van der Waals surface area contributed by atoms with Crippen LogP contribution in [0.2, 0.25) is 0 Å². The monoisotopic (exact) mass is 277 g/mol. The van der Waals surface area contributed by atoms with Crippen molar-refractivity contribution in [2.45, 2.75) is 52.2 Å². The van der Waals surface area contributed by atoms with Crippen molar-refractivity contribution in [3.63, 3.8) is 0 Å². The van der Waals surface area contributed by atoms with Gasteiger partial charge in [-0.2, -0.15) is 0 Å². The largest absolute Gasteiger partial charge is 0.336 e. The molecule has 0 aromatic carbocycles. The molecule has 0 aliphatic heterocycles. The lowest BCUT2D eigenvalue weighted by Crippen LogP contribution is -2.29. The minimum atomic E-state index is 0.255. The highest BCUT2D eigenvalue weighted by Crippen LogP contribution is 2.29. The quantitative estimate of drug-likeness (QED) is 0.907. The molecule has 19 heavy (non-hydrogen) atoms. The number of aromatic nitrogens is 2. The van der Waals surface area contributed by atoms with Crippen LogP contribution >= 0.6 is 11.3 Å². The zero-order valence-corrected chi connectivity index (χ0v) is 13.0. The van der Waals surface area contributed by atoms with Crippen LogP contribution in [0.15, 0.2) is 30.9 Å². The minimum Gasteiger partial charge on any atom is -0.336 e. The van der Waals surface area contributed by atoms with Gasteiger partial charge in [0.25, 0.3) is 0 Å². The van der Waals surface area contributed by atoms with Gasteiger partial charge >= 0.3 is 0 Å². The fourth-order valence-corrected chi connectivity index (χ4v) is 2.94.